The van der Waals surface area contributed by atoms with E-state index in [2.05, 4.69) is 5.10 Å². The Morgan fingerprint density at radius 2 is 1.70 bits per heavy atom. The van der Waals surface area contributed by atoms with Gasteiger partial charge >= 0.3 is 0 Å². The molecule has 0 spiro atoms. The normalized spacial score (nSPS) is 20.5. The SMILES string of the molecule is Cc1ccc(S(=O)(=O)n2nc(N3CC(F)C(F)C3)c3c(Cl)cccc32)cc1. The average molecular weight is 412 g/mol. The molecule has 0 saturated carbocycles. The summed E-state index contributed by atoms with van der Waals surface area (Å²) in [5.74, 6) is 0.161. The summed E-state index contributed by atoms with van der Waals surface area (Å²) in [4.78, 5) is 1.46. The summed E-state index contributed by atoms with van der Waals surface area (Å²) >= 11 is 6.28. The Hall–Kier alpha value is -2.19. The van der Waals surface area contributed by atoms with Gasteiger partial charge in [-0.05, 0) is 31.2 Å². The molecule has 2 atom stereocenters. The van der Waals surface area contributed by atoms with Crippen LogP contribution in [0.5, 0.6) is 0 Å². The molecule has 9 heteroatoms. The fourth-order valence-electron chi connectivity index (χ4n) is 3.20. The van der Waals surface area contributed by atoms with Gasteiger partial charge in [-0.1, -0.05) is 35.4 Å². The highest BCUT2D eigenvalue weighted by molar-refractivity contribution is 7.90. The van der Waals surface area contributed by atoms with Crippen molar-refractivity contribution in [2.75, 3.05) is 18.0 Å². The van der Waals surface area contributed by atoms with Crippen LogP contribution in [0.1, 0.15) is 5.56 Å². The highest BCUT2D eigenvalue weighted by Crippen LogP contribution is 2.36. The molecule has 0 bridgehead atoms. The van der Waals surface area contributed by atoms with Crippen LogP contribution in [0.15, 0.2) is 47.4 Å². The minimum absolute atomic E-state index is 0.0668. The lowest BCUT2D eigenvalue weighted by Crippen LogP contribution is -2.22. The minimum Gasteiger partial charge on any atom is -0.348 e. The van der Waals surface area contributed by atoms with E-state index in [1.165, 1.54) is 17.0 Å². The number of hydrogen-bond donors (Lipinski definition) is 0. The Balaban J connectivity index is 1.92. The highest BCUT2D eigenvalue weighted by Gasteiger charge is 2.36. The topological polar surface area (TPSA) is 55.2 Å². The zero-order valence-corrected chi connectivity index (χ0v) is 15.9. The van der Waals surface area contributed by atoms with Gasteiger partial charge in [-0.25, -0.2) is 8.78 Å². The predicted molar refractivity (Wildman–Crippen MR) is 101 cm³/mol. The summed E-state index contributed by atoms with van der Waals surface area (Å²) in [5, 5.41) is 4.83. The van der Waals surface area contributed by atoms with Crippen LogP contribution in [-0.2, 0) is 10.0 Å². The first kappa shape index (κ1) is 18.2. The first-order valence-electron chi connectivity index (χ1n) is 8.31. The fraction of sp³-hybridized carbons (Fsp3) is 0.278. The van der Waals surface area contributed by atoms with E-state index in [1.54, 1.807) is 30.3 Å². The Morgan fingerprint density at radius 1 is 1.07 bits per heavy atom. The smallest absolute Gasteiger partial charge is 0.283 e. The lowest BCUT2D eigenvalue weighted by atomic mass is 10.2. The largest absolute Gasteiger partial charge is 0.348 e. The molecule has 2 aromatic carbocycles. The van der Waals surface area contributed by atoms with E-state index in [1.807, 2.05) is 6.92 Å². The molecular weight excluding hydrogens is 396 g/mol. The number of rotatable bonds is 3. The molecular formula is C18H16ClF2N3O2S. The molecule has 0 N–H and O–H groups in total. The van der Waals surface area contributed by atoms with Crippen molar-refractivity contribution in [2.24, 2.45) is 0 Å². The third-order valence-electron chi connectivity index (χ3n) is 4.63. The third-order valence-corrected chi connectivity index (χ3v) is 6.55. The van der Waals surface area contributed by atoms with Crippen molar-refractivity contribution in [3.63, 3.8) is 0 Å². The molecule has 142 valence electrons. The average Bonchev–Trinajstić information content (AvgIpc) is 3.17. The van der Waals surface area contributed by atoms with Crippen molar-refractivity contribution >= 4 is 38.3 Å². The van der Waals surface area contributed by atoms with Crippen molar-refractivity contribution in [2.45, 2.75) is 24.2 Å². The van der Waals surface area contributed by atoms with Crippen molar-refractivity contribution in [1.29, 1.82) is 0 Å². The molecule has 0 amide bonds. The molecule has 0 aliphatic carbocycles. The van der Waals surface area contributed by atoms with Gasteiger partial charge in [0.25, 0.3) is 10.0 Å². The van der Waals surface area contributed by atoms with Crippen LogP contribution >= 0.6 is 11.6 Å². The second-order valence-electron chi connectivity index (χ2n) is 6.56. The minimum atomic E-state index is -4.00. The van der Waals surface area contributed by atoms with E-state index < -0.39 is 22.4 Å². The lowest BCUT2D eigenvalue weighted by Gasteiger charge is -2.14. The van der Waals surface area contributed by atoms with E-state index >= 15 is 0 Å². The van der Waals surface area contributed by atoms with Crippen LogP contribution in [0.2, 0.25) is 5.02 Å². The number of halogens is 3. The second-order valence-corrected chi connectivity index (χ2v) is 8.73. The van der Waals surface area contributed by atoms with Gasteiger partial charge in [-0.2, -0.15) is 12.5 Å². The lowest BCUT2D eigenvalue weighted by molar-refractivity contribution is 0.217. The summed E-state index contributed by atoms with van der Waals surface area (Å²) in [7, 11) is -4.00. The molecule has 1 aliphatic heterocycles. The molecule has 1 aromatic heterocycles. The van der Waals surface area contributed by atoms with Crippen molar-refractivity contribution in [3.8, 4) is 0 Å². The molecule has 2 unspecified atom stereocenters. The molecule has 3 aromatic rings. The van der Waals surface area contributed by atoms with Gasteiger partial charge in [0.05, 0.1) is 33.9 Å². The quantitative estimate of drug-likeness (QED) is 0.659. The number of nitrogens with zero attached hydrogens (tertiary/aromatic N) is 3. The Bertz CT molecular complexity index is 1110. The number of hydrogen-bond acceptors (Lipinski definition) is 4. The maximum absolute atomic E-state index is 13.7. The number of aryl methyl sites for hydroxylation is 1. The van der Waals surface area contributed by atoms with Gasteiger partial charge in [0.15, 0.2) is 18.2 Å². The van der Waals surface area contributed by atoms with Gasteiger partial charge in [-0.3, -0.25) is 0 Å². The molecule has 2 heterocycles. The second kappa shape index (κ2) is 6.45. The van der Waals surface area contributed by atoms with Crippen molar-refractivity contribution in [3.05, 3.63) is 53.1 Å². The summed E-state index contributed by atoms with van der Waals surface area (Å²) in [5.41, 5.74) is 1.18. The maximum Gasteiger partial charge on any atom is 0.283 e. The monoisotopic (exact) mass is 411 g/mol. The molecule has 1 saturated heterocycles. The summed E-state index contributed by atoms with van der Waals surface area (Å²) in [6.07, 6.45) is -3.30. The Kier molecular flexibility index (Phi) is 4.35. The van der Waals surface area contributed by atoms with E-state index in [9.17, 15) is 17.2 Å². The van der Waals surface area contributed by atoms with Gasteiger partial charge < -0.3 is 4.90 Å². The molecule has 1 aliphatic rings. The zero-order chi connectivity index (χ0) is 19.3. The molecule has 0 radical (unpaired) electrons. The Morgan fingerprint density at radius 3 is 2.33 bits per heavy atom. The van der Waals surface area contributed by atoms with Gasteiger partial charge in [0.2, 0.25) is 0 Å². The fourth-order valence-corrected chi connectivity index (χ4v) is 4.73. The molecule has 27 heavy (non-hydrogen) atoms. The Labute approximate surface area is 160 Å². The predicted octanol–water partition coefficient (Wildman–Crippen LogP) is 3.73. The van der Waals surface area contributed by atoms with Crippen LogP contribution < -0.4 is 4.90 Å². The van der Waals surface area contributed by atoms with Crippen LogP contribution in [0, 0.1) is 6.92 Å². The first-order chi connectivity index (χ1) is 12.8. The summed E-state index contributed by atoms with van der Waals surface area (Å²) < 4.78 is 54.5. The molecule has 1 fully saturated rings. The standard InChI is InChI=1S/C18H16ClF2N3O2S/c1-11-5-7-12(8-6-11)27(25,26)24-16-4-2-3-13(19)17(16)18(22-24)23-9-14(20)15(21)10-23/h2-8,14-15H,9-10H2,1H3. The van der Waals surface area contributed by atoms with Crippen molar-refractivity contribution in [1.82, 2.24) is 9.19 Å². The number of fused-ring (bicyclic) bond motifs is 1. The van der Waals surface area contributed by atoms with Gasteiger partial charge in [-0.15, -0.1) is 5.10 Å². The number of alkyl halides is 2. The highest BCUT2D eigenvalue weighted by atomic mass is 35.5. The molecule has 5 nitrogen and oxygen atoms in total. The van der Waals surface area contributed by atoms with Crippen LogP contribution in [-0.4, -0.2) is 43.0 Å². The summed E-state index contributed by atoms with van der Waals surface area (Å²) in [6.45, 7) is 1.44. The van der Waals surface area contributed by atoms with Crippen LogP contribution in [0.25, 0.3) is 10.9 Å². The van der Waals surface area contributed by atoms with Crippen LogP contribution in [0.3, 0.4) is 0 Å². The van der Waals surface area contributed by atoms with E-state index in [0.29, 0.717) is 5.39 Å². The van der Waals surface area contributed by atoms with E-state index in [0.717, 1.165) is 9.65 Å². The number of benzene rings is 2. The van der Waals surface area contributed by atoms with E-state index in [4.69, 9.17) is 11.6 Å². The first-order valence-corrected chi connectivity index (χ1v) is 10.1. The maximum atomic E-state index is 13.7. The summed E-state index contributed by atoms with van der Waals surface area (Å²) in [6, 6.07) is 11.1. The van der Waals surface area contributed by atoms with Crippen molar-refractivity contribution < 1.29 is 17.2 Å². The number of aromatic nitrogens is 2. The van der Waals surface area contributed by atoms with Gasteiger partial charge in [0, 0.05) is 0 Å². The van der Waals surface area contributed by atoms with Crippen LogP contribution in [0.4, 0.5) is 14.6 Å². The molecule has 4 rings (SSSR count). The number of anilines is 1. The van der Waals surface area contributed by atoms with E-state index in [-0.39, 0.29) is 34.3 Å². The van der Waals surface area contributed by atoms with Gasteiger partial charge in [0.1, 0.15) is 0 Å². The third kappa shape index (κ3) is 2.96. The zero-order valence-electron chi connectivity index (χ0n) is 14.3.